The predicted molar refractivity (Wildman–Crippen MR) is 61.8 cm³/mol. The Hall–Kier alpha value is -1.56. The molecule has 0 saturated carbocycles. The first-order valence-corrected chi connectivity index (χ1v) is 5.51. The van der Waals surface area contributed by atoms with E-state index in [1.807, 2.05) is 16.9 Å². The SMILES string of the molecule is CC(Cn1cccn1)Nc1ncc(N)s1. The van der Waals surface area contributed by atoms with Gasteiger partial charge in [-0.3, -0.25) is 4.68 Å². The second kappa shape index (κ2) is 4.31. The normalized spacial score (nSPS) is 12.6. The Balaban J connectivity index is 1.90. The molecule has 80 valence electrons. The maximum absolute atomic E-state index is 5.59. The molecule has 6 heteroatoms. The van der Waals surface area contributed by atoms with Crippen LogP contribution >= 0.6 is 11.3 Å². The molecular weight excluding hydrogens is 210 g/mol. The summed E-state index contributed by atoms with van der Waals surface area (Å²) in [4.78, 5) is 4.14. The summed E-state index contributed by atoms with van der Waals surface area (Å²) in [6.45, 7) is 2.89. The fraction of sp³-hybridized carbons (Fsp3) is 0.333. The standard InChI is InChI=1S/C9H13N5S/c1-7(6-14-4-2-3-12-14)13-9-11-5-8(10)15-9/h2-5,7H,6,10H2,1H3,(H,11,13). The van der Waals surface area contributed by atoms with Gasteiger partial charge in [-0.15, -0.1) is 0 Å². The van der Waals surface area contributed by atoms with Gasteiger partial charge >= 0.3 is 0 Å². The molecule has 0 aromatic carbocycles. The van der Waals surface area contributed by atoms with Gasteiger partial charge in [0.25, 0.3) is 0 Å². The molecule has 2 rings (SSSR count). The monoisotopic (exact) mass is 223 g/mol. The van der Waals surface area contributed by atoms with Crippen LogP contribution in [0.25, 0.3) is 0 Å². The van der Waals surface area contributed by atoms with Crippen LogP contribution in [-0.4, -0.2) is 20.8 Å². The van der Waals surface area contributed by atoms with Crippen molar-refractivity contribution in [3.63, 3.8) is 0 Å². The quantitative estimate of drug-likeness (QED) is 0.822. The van der Waals surface area contributed by atoms with Crippen LogP contribution in [0.15, 0.2) is 24.7 Å². The zero-order valence-corrected chi connectivity index (χ0v) is 9.24. The highest BCUT2D eigenvalue weighted by Crippen LogP contribution is 2.20. The zero-order chi connectivity index (χ0) is 10.7. The van der Waals surface area contributed by atoms with Gasteiger partial charge in [-0.2, -0.15) is 5.10 Å². The number of nitrogens with two attached hydrogens (primary N) is 1. The summed E-state index contributed by atoms with van der Waals surface area (Å²) in [5.74, 6) is 0. The predicted octanol–water partition coefficient (Wildman–Crippen LogP) is 1.42. The molecule has 0 bridgehead atoms. The van der Waals surface area contributed by atoms with Crippen LogP contribution in [0, 0.1) is 0 Å². The molecular formula is C9H13N5S. The molecule has 0 radical (unpaired) electrons. The van der Waals surface area contributed by atoms with Crippen LogP contribution in [0.4, 0.5) is 10.1 Å². The minimum atomic E-state index is 0.274. The summed E-state index contributed by atoms with van der Waals surface area (Å²) in [5, 5.41) is 8.99. The number of anilines is 2. The van der Waals surface area contributed by atoms with E-state index in [1.165, 1.54) is 11.3 Å². The smallest absolute Gasteiger partial charge is 0.184 e. The molecule has 1 unspecified atom stereocenters. The topological polar surface area (TPSA) is 68.8 Å². The van der Waals surface area contributed by atoms with Crippen LogP contribution in [0.3, 0.4) is 0 Å². The molecule has 5 nitrogen and oxygen atoms in total. The summed E-state index contributed by atoms with van der Waals surface area (Å²) in [6.07, 6.45) is 5.37. The lowest BCUT2D eigenvalue weighted by atomic mass is 10.3. The Kier molecular flexibility index (Phi) is 2.86. The lowest BCUT2D eigenvalue weighted by molar-refractivity contribution is 0.560. The molecule has 2 aromatic heterocycles. The highest BCUT2D eigenvalue weighted by molar-refractivity contribution is 7.19. The summed E-state index contributed by atoms with van der Waals surface area (Å²) in [6, 6.07) is 2.18. The van der Waals surface area contributed by atoms with Gasteiger partial charge in [0.15, 0.2) is 5.13 Å². The number of nitrogens with one attached hydrogen (secondary N) is 1. The van der Waals surface area contributed by atoms with Gasteiger partial charge in [0.05, 0.1) is 12.7 Å². The van der Waals surface area contributed by atoms with Crippen molar-refractivity contribution in [2.24, 2.45) is 0 Å². The Morgan fingerprint density at radius 2 is 2.53 bits per heavy atom. The van der Waals surface area contributed by atoms with Crippen molar-refractivity contribution < 1.29 is 0 Å². The molecule has 0 fully saturated rings. The first-order chi connectivity index (χ1) is 7.24. The van der Waals surface area contributed by atoms with E-state index in [2.05, 4.69) is 22.3 Å². The molecule has 0 saturated heterocycles. The van der Waals surface area contributed by atoms with Gasteiger partial charge in [-0.05, 0) is 13.0 Å². The molecule has 0 aliphatic heterocycles. The maximum atomic E-state index is 5.59. The van der Waals surface area contributed by atoms with Crippen LogP contribution < -0.4 is 11.1 Å². The van der Waals surface area contributed by atoms with E-state index in [-0.39, 0.29) is 6.04 Å². The summed E-state index contributed by atoms with van der Waals surface area (Å²) < 4.78 is 1.88. The van der Waals surface area contributed by atoms with E-state index in [1.54, 1.807) is 12.4 Å². The van der Waals surface area contributed by atoms with E-state index in [9.17, 15) is 0 Å². The van der Waals surface area contributed by atoms with Crippen LogP contribution in [-0.2, 0) is 6.54 Å². The van der Waals surface area contributed by atoms with Gasteiger partial charge in [-0.25, -0.2) is 4.98 Å². The molecule has 3 N–H and O–H groups in total. The highest BCUT2D eigenvalue weighted by Gasteiger charge is 2.05. The van der Waals surface area contributed by atoms with Crippen LogP contribution in [0.1, 0.15) is 6.92 Å². The fourth-order valence-corrected chi connectivity index (χ4v) is 1.99. The van der Waals surface area contributed by atoms with Crippen molar-refractivity contribution >= 4 is 21.5 Å². The van der Waals surface area contributed by atoms with Crippen molar-refractivity contribution in [3.05, 3.63) is 24.7 Å². The maximum Gasteiger partial charge on any atom is 0.184 e. The largest absolute Gasteiger partial charge is 0.389 e. The van der Waals surface area contributed by atoms with Crippen molar-refractivity contribution in [3.8, 4) is 0 Å². The Morgan fingerprint density at radius 1 is 1.67 bits per heavy atom. The van der Waals surface area contributed by atoms with Gasteiger partial charge in [0.2, 0.25) is 0 Å². The van der Waals surface area contributed by atoms with E-state index in [0.717, 1.165) is 16.7 Å². The summed E-state index contributed by atoms with van der Waals surface area (Å²) in [7, 11) is 0. The first kappa shape index (κ1) is 9.97. The van der Waals surface area contributed by atoms with E-state index in [0.29, 0.717) is 0 Å². The minimum absolute atomic E-state index is 0.274. The molecule has 0 aliphatic rings. The Bertz CT molecular complexity index is 408. The van der Waals surface area contributed by atoms with Gasteiger partial charge < -0.3 is 11.1 Å². The molecule has 2 aromatic rings. The number of hydrogen-bond acceptors (Lipinski definition) is 5. The Labute approximate surface area is 91.9 Å². The number of hydrogen-bond donors (Lipinski definition) is 2. The molecule has 0 aliphatic carbocycles. The number of aromatic nitrogens is 3. The third kappa shape index (κ3) is 2.69. The van der Waals surface area contributed by atoms with E-state index in [4.69, 9.17) is 5.73 Å². The van der Waals surface area contributed by atoms with E-state index < -0.39 is 0 Å². The number of rotatable bonds is 4. The zero-order valence-electron chi connectivity index (χ0n) is 8.42. The summed E-state index contributed by atoms with van der Waals surface area (Å²) >= 11 is 1.45. The van der Waals surface area contributed by atoms with Crippen molar-refractivity contribution in [1.82, 2.24) is 14.8 Å². The Morgan fingerprint density at radius 3 is 3.13 bits per heavy atom. The molecule has 0 spiro atoms. The highest BCUT2D eigenvalue weighted by atomic mass is 32.1. The molecule has 15 heavy (non-hydrogen) atoms. The second-order valence-corrected chi connectivity index (χ2v) is 4.40. The van der Waals surface area contributed by atoms with Crippen LogP contribution in [0.2, 0.25) is 0 Å². The fourth-order valence-electron chi connectivity index (χ4n) is 1.30. The van der Waals surface area contributed by atoms with Gasteiger partial charge in [0, 0.05) is 18.4 Å². The van der Waals surface area contributed by atoms with Crippen molar-refractivity contribution in [2.75, 3.05) is 11.1 Å². The first-order valence-electron chi connectivity index (χ1n) is 4.69. The molecule has 0 amide bonds. The second-order valence-electron chi connectivity index (χ2n) is 3.34. The average molecular weight is 223 g/mol. The van der Waals surface area contributed by atoms with Crippen LogP contribution in [0.5, 0.6) is 0 Å². The van der Waals surface area contributed by atoms with Gasteiger partial charge in [0.1, 0.15) is 5.00 Å². The lowest BCUT2D eigenvalue weighted by Crippen LogP contribution is -2.22. The lowest BCUT2D eigenvalue weighted by Gasteiger charge is -2.12. The molecule has 2 heterocycles. The number of thiazole rings is 1. The summed E-state index contributed by atoms with van der Waals surface area (Å²) in [5.41, 5.74) is 5.59. The van der Waals surface area contributed by atoms with Crippen molar-refractivity contribution in [2.45, 2.75) is 19.5 Å². The third-order valence-corrected chi connectivity index (χ3v) is 2.67. The number of nitrogen functional groups attached to an aromatic ring is 1. The number of nitrogens with zero attached hydrogens (tertiary/aromatic N) is 3. The van der Waals surface area contributed by atoms with E-state index >= 15 is 0 Å². The van der Waals surface area contributed by atoms with Gasteiger partial charge in [-0.1, -0.05) is 11.3 Å². The third-order valence-electron chi connectivity index (χ3n) is 1.91. The minimum Gasteiger partial charge on any atom is -0.389 e. The average Bonchev–Trinajstić information content (AvgIpc) is 2.77. The molecule has 1 atom stereocenters. The van der Waals surface area contributed by atoms with Crippen molar-refractivity contribution in [1.29, 1.82) is 0 Å².